The first-order valence-electron chi connectivity index (χ1n) is 15.5. The molecule has 0 amide bonds. The number of fused-ring (bicyclic) bond motifs is 5. The Kier molecular flexibility index (Phi) is 5.89. The molecule has 0 radical (unpaired) electrons. The van der Waals surface area contributed by atoms with E-state index < -0.39 is 0 Å². The molecule has 0 atom stereocenters. The lowest BCUT2D eigenvalue weighted by atomic mass is 9.96. The van der Waals surface area contributed by atoms with E-state index in [0.29, 0.717) is 0 Å². The van der Waals surface area contributed by atoms with Gasteiger partial charge < -0.3 is 4.57 Å². The van der Waals surface area contributed by atoms with Crippen molar-refractivity contribution in [3.05, 3.63) is 176 Å². The van der Waals surface area contributed by atoms with Crippen molar-refractivity contribution in [3.8, 4) is 39.1 Å². The number of rotatable bonds is 4. The summed E-state index contributed by atoms with van der Waals surface area (Å²) in [5.74, 6) is 0. The van der Waals surface area contributed by atoms with E-state index in [9.17, 15) is 0 Å². The van der Waals surface area contributed by atoms with Crippen LogP contribution in [0.1, 0.15) is 0 Å². The molecule has 0 N–H and O–H groups in total. The van der Waals surface area contributed by atoms with Gasteiger partial charge >= 0.3 is 0 Å². The Morgan fingerprint density at radius 3 is 1.53 bits per heavy atom. The fraction of sp³-hybridized carbons (Fsp3) is 0. The van der Waals surface area contributed by atoms with Crippen LogP contribution in [0.3, 0.4) is 0 Å². The zero-order valence-electron chi connectivity index (χ0n) is 24.7. The Morgan fingerprint density at radius 1 is 0.267 bits per heavy atom. The monoisotopic (exact) mass is 571 g/mol. The predicted molar refractivity (Wildman–Crippen MR) is 192 cm³/mol. The molecule has 0 aliphatic heterocycles. The summed E-state index contributed by atoms with van der Waals surface area (Å²) in [7, 11) is 0. The molecule has 8 aromatic carbocycles. The zero-order chi connectivity index (χ0) is 29.7. The summed E-state index contributed by atoms with van der Waals surface area (Å²) >= 11 is 0. The van der Waals surface area contributed by atoms with Crippen LogP contribution in [0.25, 0.3) is 82.4 Å². The third-order valence-corrected chi connectivity index (χ3v) is 9.16. The number of aromatic nitrogens is 1. The lowest BCUT2D eigenvalue weighted by Crippen LogP contribution is -1.93. The fourth-order valence-corrected chi connectivity index (χ4v) is 6.84. The molecular formula is C44H29N. The predicted octanol–water partition coefficient (Wildman–Crippen LogP) is 12.1. The summed E-state index contributed by atoms with van der Waals surface area (Å²) in [5.41, 5.74) is 11.0. The Balaban J connectivity index is 1.09. The van der Waals surface area contributed by atoms with Gasteiger partial charge in [-0.05, 0) is 97.4 Å². The van der Waals surface area contributed by atoms with Gasteiger partial charge in [0.2, 0.25) is 0 Å². The highest BCUT2D eigenvalue weighted by atomic mass is 15.0. The van der Waals surface area contributed by atoms with E-state index in [1.165, 1.54) is 82.4 Å². The molecule has 1 aromatic heterocycles. The molecule has 0 saturated heterocycles. The highest BCUT2D eigenvalue weighted by Crippen LogP contribution is 2.36. The first kappa shape index (κ1) is 25.6. The van der Waals surface area contributed by atoms with Gasteiger partial charge in [0.05, 0.1) is 11.0 Å². The van der Waals surface area contributed by atoms with E-state index in [0.717, 1.165) is 0 Å². The third-order valence-electron chi connectivity index (χ3n) is 9.16. The van der Waals surface area contributed by atoms with E-state index in [2.05, 4.69) is 180 Å². The van der Waals surface area contributed by atoms with Gasteiger partial charge in [-0.15, -0.1) is 0 Å². The van der Waals surface area contributed by atoms with Crippen molar-refractivity contribution in [2.24, 2.45) is 0 Å². The van der Waals surface area contributed by atoms with Crippen LogP contribution in [-0.4, -0.2) is 4.57 Å². The molecule has 1 nitrogen and oxygen atoms in total. The molecular weight excluding hydrogens is 542 g/mol. The number of benzene rings is 8. The number of hydrogen-bond donors (Lipinski definition) is 0. The second kappa shape index (κ2) is 10.4. The molecule has 0 bridgehead atoms. The SMILES string of the molecule is c1ccc(-c2ccc(-c3ccc4cc(-c5ccc6c(c5)c5ccccc5n6-c5ccc6ccccc6c5)ccc4c3)cc2)cc1. The summed E-state index contributed by atoms with van der Waals surface area (Å²) < 4.78 is 2.40. The average Bonchev–Trinajstić information content (AvgIpc) is 3.45. The Labute approximate surface area is 262 Å². The maximum absolute atomic E-state index is 2.40. The largest absolute Gasteiger partial charge is 0.309 e. The van der Waals surface area contributed by atoms with Crippen LogP contribution < -0.4 is 0 Å². The molecule has 9 aromatic rings. The minimum Gasteiger partial charge on any atom is -0.309 e. The van der Waals surface area contributed by atoms with E-state index in [4.69, 9.17) is 0 Å². The van der Waals surface area contributed by atoms with E-state index in [1.54, 1.807) is 0 Å². The van der Waals surface area contributed by atoms with E-state index in [-0.39, 0.29) is 0 Å². The molecule has 0 aliphatic rings. The molecule has 45 heavy (non-hydrogen) atoms. The highest BCUT2D eigenvalue weighted by molar-refractivity contribution is 6.11. The number of hydrogen-bond acceptors (Lipinski definition) is 0. The molecule has 0 saturated carbocycles. The summed E-state index contributed by atoms with van der Waals surface area (Å²) in [6.07, 6.45) is 0. The van der Waals surface area contributed by atoms with Gasteiger partial charge in [0, 0.05) is 16.5 Å². The summed E-state index contributed by atoms with van der Waals surface area (Å²) in [5, 5.41) is 7.54. The Hall–Kier alpha value is -5.92. The standard InChI is InChI=1S/C44H29N/c1-2-8-30(9-3-1)32-14-16-33(17-15-32)35-18-19-37-27-38(21-20-36(37)26-35)39-23-25-44-42(29-39)41-12-6-7-13-43(41)45(44)40-24-22-31-10-4-5-11-34(31)28-40/h1-29H. The van der Waals surface area contributed by atoms with Gasteiger partial charge in [-0.3, -0.25) is 0 Å². The molecule has 1 heterocycles. The molecule has 0 unspecified atom stereocenters. The van der Waals surface area contributed by atoms with Crippen molar-refractivity contribution >= 4 is 43.4 Å². The zero-order valence-corrected chi connectivity index (χ0v) is 24.7. The minimum atomic E-state index is 1.18. The van der Waals surface area contributed by atoms with Crippen molar-refractivity contribution in [1.29, 1.82) is 0 Å². The minimum absolute atomic E-state index is 1.18. The number of para-hydroxylation sites is 1. The van der Waals surface area contributed by atoms with E-state index in [1.807, 2.05) is 0 Å². The summed E-state index contributed by atoms with van der Waals surface area (Å²) in [4.78, 5) is 0. The molecule has 210 valence electrons. The maximum atomic E-state index is 2.40. The number of nitrogens with zero attached hydrogens (tertiary/aromatic N) is 1. The quantitative estimate of drug-likeness (QED) is 0.198. The maximum Gasteiger partial charge on any atom is 0.0541 e. The lowest BCUT2D eigenvalue weighted by Gasteiger charge is -2.10. The van der Waals surface area contributed by atoms with Crippen molar-refractivity contribution in [1.82, 2.24) is 4.57 Å². The first-order chi connectivity index (χ1) is 22.3. The molecule has 1 heteroatoms. The van der Waals surface area contributed by atoms with E-state index >= 15 is 0 Å². The van der Waals surface area contributed by atoms with Crippen LogP contribution in [0.5, 0.6) is 0 Å². The Morgan fingerprint density at radius 2 is 0.756 bits per heavy atom. The third kappa shape index (κ3) is 4.41. The lowest BCUT2D eigenvalue weighted by molar-refractivity contribution is 1.19. The molecule has 0 fully saturated rings. The van der Waals surface area contributed by atoms with Crippen LogP contribution in [0.15, 0.2) is 176 Å². The smallest absolute Gasteiger partial charge is 0.0541 e. The topological polar surface area (TPSA) is 4.93 Å². The summed E-state index contributed by atoms with van der Waals surface area (Å²) in [6.45, 7) is 0. The van der Waals surface area contributed by atoms with Gasteiger partial charge in [0.15, 0.2) is 0 Å². The first-order valence-corrected chi connectivity index (χ1v) is 15.5. The fourth-order valence-electron chi connectivity index (χ4n) is 6.84. The highest BCUT2D eigenvalue weighted by Gasteiger charge is 2.14. The average molecular weight is 572 g/mol. The second-order valence-corrected chi connectivity index (χ2v) is 11.8. The van der Waals surface area contributed by atoms with Crippen molar-refractivity contribution in [2.45, 2.75) is 0 Å². The van der Waals surface area contributed by atoms with Crippen molar-refractivity contribution < 1.29 is 0 Å². The normalized spacial score (nSPS) is 11.6. The van der Waals surface area contributed by atoms with Crippen LogP contribution in [0, 0.1) is 0 Å². The van der Waals surface area contributed by atoms with Gasteiger partial charge in [-0.2, -0.15) is 0 Å². The molecule has 0 spiro atoms. The second-order valence-electron chi connectivity index (χ2n) is 11.8. The molecule has 9 rings (SSSR count). The van der Waals surface area contributed by atoms with Crippen LogP contribution in [0.2, 0.25) is 0 Å². The molecule has 0 aliphatic carbocycles. The van der Waals surface area contributed by atoms with Gasteiger partial charge in [0.1, 0.15) is 0 Å². The van der Waals surface area contributed by atoms with Crippen LogP contribution in [-0.2, 0) is 0 Å². The van der Waals surface area contributed by atoms with Crippen molar-refractivity contribution in [3.63, 3.8) is 0 Å². The van der Waals surface area contributed by atoms with Gasteiger partial charge in [-0.25, -0.2) is 0 Å². The summed E-state index contributed by atoms with van der Waals surface area (Å²) in [6, 6.07) is 64.0. The Bertz CT molecular complexity index is 2520. The van der Waals surface area contributed by atoms with Crippen LogP contribution in [0.4, 0.5) is 0 Å². The van der Waals surface area contributed by atoms with Gasteiger partial charge in [-0.1, -0.05) is 133 Å². The van der Waals surface area contributed by atoms with Crippen molar-refractivity contribution in [2.75, 3.05) is 0 Å². The van der Waals surface area contributed by atoms with Crippen LogP contribution >= 0.6 is 0 Å². The van der Waals surface area contributed by atoms with Gasteiger partial charge in [0.25, 0.3) is 0 Å².